The van der Waals surface area contributed by atoms with E-state index < -0.39 is 5.97 Å². The highest BCUT2D eigenvalue weighted by Crippen LogP contribution is 2.34. The van der Waals surface area contributed by atoms with Crippen LogP contribution >= 0.6 is 23.2 Å². The van der Waals surface area contributed by atoms with Crippen LogP contribution in [0.4, 0.5) is 11.5 Å². The molecule has 0 saturated heterocycles. The van der Waals surface area contributed by atoms with Crippen molar-refractivity contribution in [3.8, 4) is 11.4 Å². The van der Waals surface area contributed by atoms with Crippen LogP contribution in [0.5, 0.6) is 0 Å². The fourth-order valence-corrected chi connectivity index (χ4v) is 3.10. The molecular weight excluding hydrogens is 391 g/mol. The van der Waals surface area contributed by atoms with Gasteiger partial charge in [-0.25, -0.2) is 24.7 Å². The van der Waals surface area contributed by atoms with Gasteiger partial charge in [-0.3, -0.25) is 0 Å². The quantitative estimate of drug-likeness (QED) is 0.470. The standard InChI is InChI=1S/C17H10Cl2N6O2/c18-9-2-1-3-10(19)12(9)14-24-13-15(21-7-22-16(13)25-14)23-8-4-5-20-11(6-8)17(26)27/h1-7H,(H,26,27)(H2,20,21,22,23,24,25). The first-order valence-electron chi connectivity index (χ1n) is 7.64. The van der Waals surface area contributed by atoms with E-state index in [0.717, 1.165) is 0 Å². The molecule has 0 aliphatic heterocycles. The Bertz CT molecular complexity index is 1160. The van der Waals surface area contributed by atoms with Gasteiger partial charge in [-0.05, 0) is 24.3 Å². The summed E-state index contributed by atoms with van der Waals surface area (Å²) in [7, 11) is 0. The summed E-state index contributed by atoms with van der Waals surface area (Å²) in [5, 5.41) is 13.0. The van der Waals surface area contributed by atoms with Gasteiger partial charge in [-0.15, -0.1) is 0 Å². The van der Waals surface area contributed by atoms with Crippen molar-refractivity contribution in [2.75, 3.05) is 5.32 Å². The number of benzene rings is 1. The second kappa shape index (κ2) is 6.82. The number of fused-ring (bicyclic) bond motifs is 1. The Morgan fingerprint density at radius 3 is 2.63 bits per heavy atom. The smallest absolute Gasteiger partial charge is 0.354 e. The van der Waals surface area contributed by atoms with E-state index in [0.29, 0.717) is 44.1 Å². The lowest BCUT2D eigenvalue weighted by Gasteiger charge is -2.06. The second-order valence-corrected chi connectivity index (χ2v) is 6.28. The van der Waals surface area contributed by atoms with Gasteiger partial charge in [0.15, 0.2) is 11.5 Å². The molecule has 3 heterocycles. The van der Waals surface area contributed by atoms with Gasteiger partial charge in [0.2, 0.25) is 0 Å². The maximum atomic E-state index is 11.1. The molecule has 0 amide bonds. The van der Waals surface area contributed by atoms with Crippen molar-refractivity contribution in [2.45, 2.75) is 0 Å². The molecular formula is C17H10Cl2N6O2. The molecule has 3 N–H and O–H groups in total. The number of pyridine rings is 1. The Hall–Kier alpha value is -3.23. The van der Waals surface area contributed by atoms with E-state index in [2.05, 4.69) is 30.2 Å². The summed E-state index contributed by atoms with van der Waals surface area (Å²) in [6.45, 7) is 0. The lowest BCUT2D eigenvalue weighted by molar-refractivity contribution is 0.0690. The first-order chi connectivity index (χ1) is 13.0. The van der Waals surface area contributed by atoms with E-state index in [-0.39, 0.29) is 5.69 Å². The van der Waals surface area contributed by atoms with E-state index in [1.165, 1.54) is 18.6 Å². The van der Waals surface area contributed by atoms with Crippen molar-refractivity contribution in [3.05, 3.63) is 58.6 Å². The van der Waals surface area contributed by atoms with Gasteiger partial charge in [0, 0.05) is 11.9 Å². The van der Waals surface area contributed by atoms with Gasteiger partial charge in [0.1, 0.15) is 23.4 Å². The summed E-state index contributed by atoms with van der Waals surface area (Å²) in [5.41, 5.74) is 1.91. The van der Waals surface area contributed by atoms with Crippen molar-refractivity contribution in [3.63, 3.8) is 0 Å². The number of aromatic amines is 1. The Balaban J connectivity index is 1.78. The molecule has 3 aromatic heterocycles. The SMILES string of the molecule is O=C(O)c1cc(Nc2ncnc3nc(-c4c(Cl)cccc4Cl)[nH]c23)ccn1. The van der Waals surface area contributed by atoms with Crippen LogP contribution in [-0.4, -0.2) is 36.0 Å². The molecule has 0 unspecified atom stereocenters. The van der Waals surface area contributed by atoms with Crippen LogP contribution in [0, 0.1) is 0 Å². The number of carboxylic acid groups (broad SMARTS) is 1. The highest BCUT2D eigenvalue weighted by atomic mass is 35.5. The topological polar surface area (TPSA) is 117 Å². The van der Waals surface area contributed by atoms with E-state index in [9.17, 15) is 4.79 Å². The Morgan fingerprint density at radius 2 is 1.89 bits per heavy atom. The van der Waals surface area contributed by atoms with E-state index in [1.54, 1.807) is 24.3 Å². The van der Waals surface area contributed by atoms with Crippen LogP contribution in [0.2, 0.25) is 10.0 Å². The molecule has 0 fully saturated rings. The lowest BCUT2D eigenvalue weighted by atomic mass is 10.2. The molecule has 0 aliphatic rings. The molecule has 0 spiro atoms. The molecule has 10 heteroatoms. The predicted molar refractivity (Wildman–Crippen MR) is 102 cm³/mol. The zero-order valence-corrected chi connectivity index (χ0v) is 15.0. The number of halogens is 2. The number of nitrogens with one attached hydrogen (secondary N) is 2. The normalized spacial score (nSPS) is 10.9. The number of hydrogen-bond acceptors (Lipinski definition) is 6. The maximum absolute atomic E-state index is 11.1. The summed E-state index contributed by atoms with van der Waals surface area (Å²) in [5.74, 6) is -0.252. The number of imidazole rings is 1. The van der Waals surface area contributed by atoms with E-state index in [4.69, 9.17) is 28.3 Å². The number of rotatable bonds is 4. The Morgan fingerprint density at radius 1 is 1.11 bits per heavy atom. The van der Waals surface area contributed by atoms with Gasteiger partial charge in [0.25, 0.3) is 0 Å². The van der Waals surface area contributed by atoms with Crippen molar-refractivity contribution >= 4 is 51.8 Å². The van der Waals surface area contributed by atoms with Crippen LogP contribution < -0.4 is 5.32 Å². The lowest BCUT2D eigenvalue weighted by Crippen LogP contribution is -2.02. The second-order valence-electron chi connectivity index (χ2n) is 5.46. The maximum Gasteiger partial charge on any atom is 0.354 e. The number of nitrogens with zero attached hydrogens (tertiary/aromatic N) is 4. The number of hydrogen-bond donors (Lipinski definition) is 3. The molecule has 8 nitrogen and oxygen atoms in total. The third-order valence-electron chi connectivity index (χ3n) is 3.73. The average molecular weight is 401 g/mol. The Labute approximate surface area is 162 Å². The summed E-state index contributed by atoms with van der Waals surface area (Å²) in [6, 6.07) is 8.20. The van der Waals surface area contributed by atoms with Gasteiger partial charge in [-0.1, -0.05) is 29.3 Å². The third-order valence-corrected chi connectivity index (χ3v) is 4.36. The summed E-state index contributed by atoms with van der Waals surface area (Å²) in [4.78, 5) is 30.8. The first kappa shape index (κ1) is 17.2. The number of carbonyl (C=O) groups is 1. The van der Waals surface area contributed by atoms with Crippen LogP contribution in [0.15, 0.2) is 42.9 Å². The summed E-state index contributed by atoms with van der Waals surface area (Å²) in [6.07, 6.45) is 2.74. The van der Waals surface area contributed by atoms with Crippen LogP contribution in [0.1, 0.15) is 10.5 Å². The van der Waals surface area contributed by atoms with Crippen LogP contribution in [0.25, 0.3) is 22.6 Å². The minimum Gasteiger partial charge on any atom is -0.477 e. The molecule has 4 aromatic rings. The highest BCUT2D eigenvalue weighted by Gasteiger charge is 2.16. The van der Waals surface area contributed by atoms with Gasteiger partial charge in [-0.2, -0.15) is 0 Å². The van der Waals surface area contributed by atoms with Crippen molar-refractivity contribution < 1.29 is 9.90 Å². The third kappa shape index (κ3) is 3.27. The van der Waals surface area contributed by atoms with Crippen molar-refractivity contribution in [2.24, 2.45) is 0 Å². The number of anilines is 2. The van der Waals surface area contributed by atoms with E-state index >= 15 is 0 Å². The molecule has 0 bridgehead atoms. The first-order valence-corrected chi connectivity index (χ1v) is 8.40. The minimum absolute atomic E-state index is 0.0848. The fourth-order valence-electron chi connectivity index (χ4n) is 2.53. The number of H-pyrrole nitrogens is 1. The zero-order valence-electron chi connectivity index (χ0n) is 13.4. The highest BCUT2D eigenvalue weighted by molar-refractivity contribution is 6.39. The molecule has 1 aromatic carbocycles. The van der Waals surface area contributed by atoms with Gasteiger partial charge >= 0.3 is 5.97 Å². The van der Waals surface area contributed by atoms with E-state index in [1.807, 2.05) is 0 Å². The zero-order chi connectivity index (χ0) is 19.0. The average Bonchev–Trinajstić information content (AvgIpc) is 3.06. The molecule has 0 saturated carbocycles. The molecule has 27 heavy (non-hydrogen) atoms. The largest absolute Gasteiger partial charge is 0.477 e. The summed E-state index contributed by atoms with van der Waals surface area (Å²) >= 11 is 12.5. The number of carboxylic acids is 1. The number of aromatic nitrogens is 5. The molecule has 0 atom stereocenters. The Kier molecular flexibility index (Phi) is 4.35. The van der Waals surface area contributed by atoms with Gasteiger partial charge < -0.3 is 15.4 Å². The molecule has 0 radical (unpaired) electrons. The monoisotopic (exact) mass is 400 g/mol. The number of aromatic carboxylic acids is 1. The van der Waals surface area contributed by atoms with Crippen molar-refractivity contribution in [1.82, 2.24) is 24.9 Å². The minimum atomic E-state index is -1.12. The van der Waals surface area contributed by atoms with Crippen molar-refractivity contribution in [1.29, 1.82) is 0 Å². The summed E-state index contributed by atoms with van der Waals surface area (Å²) < 4.78 is 0. The van der Waals surface area contributed by atoms with Crippen LogP contribution in [0.3, 0.4) is 0 Å². The van der Waals surface area contributed by atoms with Crippen LogP contribution in [-0.2, 0) is 0 Å². The fraction of sp³-hybridized carbons (Fsp3) is 0. The van der Waals surface area contributed by atoms with Gasteiger partial charge in [0.05, 0.1) is 15.6 Å². The predicted octanol–water partition coefficient (Wildman–Crippen LogP) is 4.16. The molecule has 134 valence electrons. The molecule has 4 rings (SSSR count). The molecule has 0 aliphatic carbocycles.